The number of aliphatic imine (C=N–C) groups is 1. The van der Waals surface area contributed by atoms with E-state index in [1.54, 1.807) is 0 Å². The average Bonchev–Trinajstić information content (AvgIpc) is 2.61. The molecule has 2 aliphatic rings. The first-order valence-corrected chi connectivity index (χ1v) is 9.89. The molecule has 0 amide bonds. The Hall–Kier alpha value is -0.340. The minimum absolute atomic E-state index is 0. The molecule has 7 heteroatoms. The maximum Gasteiger partial charge on any atom is 0.191 e. The molecule has 1 atom stereocenters. The summed E-state index contributed by atoms with van der Waals surface area (Å²) >= 11 is 8.00. The van der Waals surface area contributed by atoms with Gasteiger partial charge in [-0.2, -0.15) is 11.8 Å². The van der Waals surface area contributed by atoms with Crippen LogP contribution in [0.2, 0.25) is 5.02 Å². The molecule has 0 aliphatic carbocycles. The number of piperazine rings is 1. The molecular formula is C17H26ClIN4S. The predicted molar refractivity (Wildman–Crippen MR) is 117 cm³/mol. The minimum Gasteiger partial charge on any atom is -0.370 e. The maximum absolute atomic E-state index is 6.20. The van der Waals surface area contributed by atoms with Gasteiger partial charge < -0.3 is 15.5 Å². The van der Waals surface area contributed by atoms with Crippen molar-refractivity contribution >= 4 is 59.0 Å². The first-order valence-electron chi connectivity index (χ1n) is 8.35. The first-order chi connectivity index (χ1) is 11.2. The van der Waals surface area contributed by atoms with Crippen LogP contribution >= 0.6 is 47.3 Å². The van der Waals surface area contributed by atoms with Crippen molar-refractivity contribution in [3.63, 3.8) is 0 Å². The Balaban J connectivity index is 0.00000208. The van der Waals surface area contributed by atoms with Gasteiger partial charge in [-0.25, -0.2) is 0 Å². The third kappa shape index (κ3) is 5.59. The zero-order valence-electron chi connectivity index (χ0n) is 13.9. The Morgan fingerprint density at radius 2 is 1.92 bits per heavy atom. The summed E-state index contributed by atoms with van der Waals surface area (Å²) in [5.41, 5.74) is 7.43. The van der Waals surface area contributed by atoms with Crippen molar-refractivity contribution in [1.82, 2.24) is 4.90 Å². The minimum atomic E-state index is 0. The second-order valence-electron chi connectivity index (χ2n) is 6.23. The molecule has 0 bridgehead atoms. The van der Waals surface area contributed by atoms with Gasteiger partial charge in [0.1, 0.15) is 0 Å². The van der Waals surface area contributed by atoms with E-state index in [-0.39, 0.29) is 24.0 Å². The van der Waals surface area contributed by atoms with Crippen LogP contribution in [0.4, 0.5) is 5.69 Å². The predicted octanol–water partition coefficient (Wildman–Crippen LogP) is 3.54. The Kier molecular flexibility index (Phi) is 8.30. The summed E-state index contributed by atoms with van der Waals surface area (Å²) in [5.74, 6) is 3.97. The SMILES string of the molecule is I.NC(=NCC1CCCSC1)N1CCN(c2ccc(Cl)cc2)CC1. The summed E-state index contributed by atoms with van der Waals surface area (Å²) in [6.07, 6.45) is 2.62. The van der Waals surface area contributed by atoms with Gasteiger partial charge in [-0.05, 0) is 54.5 Å². The number of thioether (sulfide) groups is 1. The molecule has 24 heavy (non-hydrogen) atoms. The lowest BCUT2D eigenvalue weighted by molar-refractivity contribution is 0.379. The third-order valence-corrected chi connectivity index (χ3v) is 6.10. The summed E-state index contributed by atoms with van der Waals surface area (Å²) < 4.78 is 0. The third-order valence-electron chi connectivity index (χ3n) is 4.56. The van der Waals surface area contributed by atoms with E-state index in [1.165, 1.54) is 30.0 Å². The largest absolute Gasteiger partial charge is 0.370 e. The number of halogens is 2. The summed E-state index contributed by atoms with van der Waals surface area (Å²) in [4.78, 5) is 9.24. The van der Waals surface area contributed by atoms with Gasteiger partial charge in [0.25, 0.3) is 0 Å². The fourth-order valence-corrected chi connectivity index (χ4v) is 4.39. The van der Waals surface area contributed by atoms with Gasteiger partial charge in [0, 0.05) is 43.4 Å². The quantitative estimate of drug-likeness (QED) is 0.408. The van der Waals surface area contributed by atoms with E-state index in [1.807, 2.05) is 23.9 Å². The van der Waals surface area contributed by atoms with E-state index in [2.05, 4.69) is 26.9 Å². The summed E-state index contributed by atoms with van der Waals surface area (Å²) in [6, 6.07) is 8.05. The van der Waals surface area contributed by atoms with E-state index in [9.17, 15) is 0 Å². The monoisotopic (exact) mass is 480 g/mol. The normalized spacial score (nSPS) is 22.2. The van der Waals surface area contributed by atoms with Crippen molar-refractivity contribution in [2.24, 2.45) is 16.6 Å². The fraction of sp³-hybridized carbons (Fsp3) is 0.588. The highest BCUT2D eigenvalue weighted by Crippen LogP contribution is 2.23. The topological polar surface area (TPSA) is 44.9 Å². The van der Waals surface area contributed by atoms with Crippen molar-refractivity contribution in [2.75, 3.05) is 49.1 Å². The van der Waals surface area contributed by atoms with E-state index < -0.39 is 0 Å². The molecule has 0 aromatic heterocycles. The molecule has 2 fully saturated rings. The first kappa shape index (κ1) is 20.0. The van der Waals surface area contributed by atoms with Gasteiger partial charge in [-0.15, -0.1) is 24.0 Å². The molecule has 4 nitrogen and oxygen atoms in total. The molecule has 0 radical (unpaired) electrons. The Bertz CT molecular complexity index is 526. The van der Waals surface area contributed by atoms with Crippen molar-refractivity contribution in [3.8, 4) is 0 Å². The molecule has 3 rings (SSSR count). The van der Waals surface area contributed by atoms with E-state index >= 15 is 0 Å². The summed E-state index contributed by atoms with van der Waals surface area (Å²) in [6.45, 7) is 4.68. The molecule has 134 valence electrons. The van der Waals surface area contributed by atoms with Crippen LogP contribution in [0.15, 0.2) is 29.3 Å². The van der Waals surface area contributed by atoms with Crippen LogP contribution < -0.4 is 10.6 Å². The maximum atomic E-state index is 6.20. The lowest BCUT2D eigenvalue weighted by Crippen LogP contribution is -2.51. The molecule has 2 N–H and O–H groups in total. The average molecular weight is 481 g/mol. The van der Waals surface area contributed by atoms with Crippen LogP contribution in [-0.4, -0.2) is 55.1 Å². The van der Waals surface area contributed by atoms with Crippen LogP contribution in [0.25, 0.3) is 0 Å². The lowest BCUT2D eigenvalue weighted by atomic mass is 10.1. The number of hydrogen-bond donors (Lipinski definition) is 1. The van der Waals surface area contributed by atoms with Crippen molar-refractivity contribution < 1.29 is 0 Å². The highest BCUT2D eigenvalue weighted by atomic mass is 127. The summed E-state index contributed by atoms with van der Waals surface area (Å²) in [5, 5.41) is 0.782. The van der Waals surface area contributed by atoms with E-state index in [0.29, 0.717) is 5.92 Å². The van der Waals surface area contributed by atoms with Gasteiger partial charge in [0.2, 0.25) is 0 Å². The number of benzene rings is 1. The molecule has 2 aliphatic heterocycles. The van der Waals surface area contributed by atoms with Crippen LogP contribution in [-0.2, 0) is 0 Å². The number of guanidine groups is 1. The Morgan fingerprint density at radius 1 is 1.21 bits per heavy atom. The van der Waals surface area contributed by atoms with Crippen molar-refractivity contribution in [3.05, 3.63) is 29.3 Å². The van der Waals surface area contributed by atoms with Crippen molar-refractivity contribution in [1.29, 1.82) is 0 Å². The van der Waals surface area contributed by atoms with Gasteiger partial charge in [-0.3, -0.25) is 4.99 Å². The zero-order valence-corrected chi connectivity index (χ0v) is 17.8. The van der Waals surface area contributed by atoms with Gasteiger partial charge in [0.05, 0.1) is 0 Å². The van der Waals surface area contributed by atoms with Crippen LogP contribution in [0, 0.1) is 5.92 Å². The highest BCUT2D eigenvalue weighted by Gasteiger charge is 2.19. The van der Waals surface area contributed by atoms with Crippen LogP contribution in [0.3, 0.4) is 0 Å². The van der Waals surface area contributed by atoms with Crippen molar-refractivity contribution in [2.45, 2.75) is 12.8 Å². The van der Waals surface area contributed by atoms with Gasteiger partial charge in [0.15, 0.2) is 5.96 Å². The molecule has 1 aromatic rings. The van der Waals surface area contributed by atoms with Gasteiger partial charge >= 0.3 is 0 Å². The fourth-order valence-electron chi connectivity index (χ4n) is 3.12. The van der Waals surface area contributed by atoms with E-state index in [4.69, 9.17) is 17.3 Å². The van der Waals surface area contributed by atoms with Crippen LogP contribution in [0.5, 0.6) is 0 Å². The lowest BCUT2D eigenvalue weighted by Gasteiger charge is -2.36. The number of nitrogens with two attached hydrogens (primary N) is 1. The smallest absolute Gasteiger partial charge is 0.191 e. The molecule has 0 spiro atoms. The summed E-state index contributed by atoms with van der Waals surface area (Å²) in [7, 11) is 0. The molecule has 1 unspecified atom stereocenters. The van der Waals surface area contributed by atoms with E-state index in [0.717, 1.165) is 43.7 Å². The second-order valence-corrected chi connectivity index (χ2v) is 7.82. The highest BCUT2D eigenvalue weighted by molar-refractivity contribution is 14.0. The molecular weight excluding hydrogens is 455 g/mol. The standard InChI is InChI=1S/C17H25ClN4S.HI/c18-15-3-5-16(6-4-15)21-7-9-22(10-8-21)17(19)20-12-14-2-1-11-23-13-14;/h3-6,14H,1-2,7-13H2,(H2,19,20);1H. The molecule has 1 aromatic carbocycles. The molecule has 2 saturated heterocycles. The number of nitrogens with zero attached hydrogens (tertiary/aromatic N) is 3. The zero-order chi connectivity index (χ0) is 16.1. The number of rotatable bonds is 3. The Labute approximate surface area is 171 Å². The Morgan fingerprint density at radius 3 is 2.54 bits per heavy atom. The molecule has 0 saturated carbocycles. The van der Waals surface area contributed by atoms with Gasteiger partial charge in [-0.1, -0.05) is 11.6 Å². The number of hydrogen-bond acceptors (Lipinski definition) is 3. The second kappa shape index (κ2) is 9.97. The molecule has 2 heterocycles. The number of anilines is 1. The van der Waals surface area contributed by atoms with Crippen LogP contribution in [0.1, 0.15) is 12.8 Å².